The van der Waals surface area contributed by atoms with Crippen molar-refractivity contribution in [1.29, 1.82) is 5.26 Å². The first kappa shape index (κ1) is 28.0. The number of nitrogens with one attached hydrogen (secondary N) is 1. The minimum absolute atomic E-state index is 0.167. The molecule has 1 aliphatic rings. The zero-order chi connectivity index (χ0) is 29.1. The number of fused-ring (bicyclic) bond motifs is 1. The van der Waals surface area contributed by atoms with E-state index < -0.39 is 35.1 Å². The summed E-state index contributed by atoms with van der Waals surface area (Å²) >= 11 is 6.44. The van der Waals surface area contributed by atoms with Crippen LogP contribution in [0.5, 0.6) is 0 Å². The standard InChI is InChI=1S/C31H25ClF2N4O3/c32-24-13-18(17-35)6-8-22(24)23-9-7-19(21-5-4-10-36-29(21)23)14-27(31(40)41)37-30(39)28-25(33)15-20(16-26(28)34)38-11-2-1-3-12-38/h4-10,13,15-16,27H,1-3,11-12,14H2,(H,37,39)(H,40,41)/t27-/m0/s1. The van der Waals surface area contributed by atoms with Gasteiger partial charge in [-0.25, -0.2) is 13.6 Å². The summed E-state index contributed by atoms with van der Waals surface area (Å²) in [5.41, 5.74) is 2.34. The Hall–Kier alpha value is -4.55. The van der Waals surface area contributed by atoms with Crippen LogP contribution in [-0.4, -0.2) is 41.1 Å². The van der Waals surface area contributed by atoms with Gasteiger partial charge in [0.25, 0.3) is 5.91 Å². The highest BCUT2D eigenvalue weighted by atomic mass is 35.5. The molecule has 1 amide bonds. The van der Waals surface area contributed by atoms with Gasteiger partial charge in [-0.05, 0) is 55.2 Å². The van der Waals surface area contributed by atoms with Crippen LogP contribution in [0.4, 0.5) is 14.5 Å². The predicted molar refractivity (Wildman–Crippen MR) is 152 cm³/mol. The van der Waals surface area contributed by atoms with Gasteiger partial charge in [-0.1, -0.05) is 35.9 Å². The second kappa shape index (κ2) is 11.9. The second-order valence-electron chi connectivity index (χ2n) is 9.88. The topological polar surface area (TPSA) is 106 Å². The molecular formula is C31H25ClF2N4O3. The summed E-state index contributed by atoms with van der Waals surface area (Å²) in [6.45, 7) is 1.34. The number of amides is 1. The van der Waals surface area contributed by atoms with E-state index in [0.29, 0.717) is 57.0 Å². The number of nitrogens with zero attached hydrogens (tertiary/aromatic N) is 3. The van der Waals surface area contributed by atoms with Crippen LogP contribution in [0.2, 0.25) is 5.02 Å². The summed E-state index contributed by atoms with van der Waals surface area (Å²) < 4.78 is 30.0. The number of pyridine rings is 1. The molecule has 0 saturated carbocycles. The van der Waals surface area contributed by atoms with Gasteiger partial charge >= 0.3 is 5.97 Å². The average molecular weight is 575 g/mol. The minimum atomic E-state index is -1.48. The molecule has 5 rings (SSSR count). The fraction of sp³-hybridized carbons (Fsp3) is 0.226. The fourth-order valence-electron chi connectivity index (χ4n) is 5.19. The number of piperidine rings is 1. The van der Waals surface area contributed by atoms with Crippen molar-refractivity contribution in [1.82, 2.24) is 10.3 Å². The molecule has 0 unspecified atom stereocenters. The molecule has 1 saturated heterocycles. The van der Waals surface area contributed by atoms with E-state index in [9.17, 15) is 23.5 Å². The zero-order valence-corrected chi connectivity index (χ0v) is 22.6. The number of carboxylic acid groups (broad SMARTS) is 1. The molecule has 7 nitrogen and oxygen atoms in total. The molecule has 41 heavy (non-hydrogen) atoms. The first-order valence-corrected chi connectivity index (χ1v) is 13.5. The maximum Gasteiger partial charge on any atom is 0.326 e. The first-order chi connectivity index (χ1) is 19.8. The normalized spacial score (nSPS) is 14.0. The van der Waals surface area contributed by atoms with E-state index in [1.54, 1.807) is 48.7 Å². The molecule has 0 spiro atoms. The first-order valence-electron chi connectivity index (χ1n) is 13.1. The van der Waals surface area contributed by atoms with Crippen LogP contribution < -0.4 is 10.2 Å². The number of carbonyl (C=O) groups excluding carboxylic acids is 1. The van der Waals surface area contributed by atoms with Crippen LogP contribution in [0.15, 0.2) is 60.8 Å². The van der Waals surface area contributed by atoms with Crippen LogP contribution in [0, 0.1) is 23.0 Å². The van der Waals surface area contributed by atoms with Crippen molar-refractivity contribution < 1.29 is 23.5 Å². The van der Waals surface area contributed by atoms with Gasteiger partial charge in [0.2, 0.25) is 0 Å². The lowest BCUT2D eigenvalue weighted by Crippen LogP contribution is -2.43. The summed E-state index contributed by atoms with van der Waals surface area (Å²) in [4.78, 5) is 31.5. The maximum absolute atomic E-state index is 15.0. The molecule has 0 bridgehead atoms. The monoisotopic (exact) mass is 574 g/mol. The van der Waals surface area contributed by atoms with E-state index >= 15 is 0 Å². The van der Waals surface area contributed by atoms with Gasteiger partial charge in [0.1, 0.15) is 23.2 Å². The van der Waals surface area contributed by atoms with Crippen molar-refractivity contribution in [3.8, 4) is 17.2 Å². The van der Waals surface area contributed by atoms with Gasteiger partial charge < -0.3 is 15.3 Å². The van der Waals surface area contributed by atoms with Gasteiger partial charge in [-0.15, -0.1) is 0 Å². The minimum Gasteiger partial charge on any atom is -0.480 e. The number of aromatic nitrogens is 1. The van der Waals surface area contributed by atoms with Crippen LogP contribution in [-0.2, 0) is 11.2 Å². The largest absolute Gasteiger partial charge is 0.480 e. The van der Waals surface area contributed by atoms with Gasteiger partial charge in [0, 0.05) is 52.9 Å². The fourth-order valence-corrected chi connectivity index (χ4v) is 5.47. The molecule has 0 aliphatic carbocycles. The molecule has 1 atom stereocenters. The summed E-state index contributed by atoms with van der Waals surface area (Å²) in [6.07, 6.45) is 4.30. The molecule has 208 valence electrons. The van der Waals surface area contributed by atoms with Crippen molar-refractivity contribution in [3.05, 3.63) is 94.1 Å². The molecule has 1 aromatic heterocycles. The Kier molecular flexibility index (Phi) is 8.13. The Morgan fingerprint density at radius 3 is 2.41 bits per heavy atom. The summed E-state index contributed by atoms with van der Waals surface area (Å²) in [5.74, 6) is -4.61. The Morgan fingerprint density at radius 1 is 1.05 bits per heavy atom. The molecule has 0 radical (unpaired) electrons. The number of carboxylic acids is 1. The van der Waals surface area contributed by atoms with Crippen molar-refractivity contribution in [2.24, 2.45) is 0 Å². The molecule has 3 aromatic carbocycles. The van der Waals surface area contributed by atoms with Gasteiger partial charge in [0.05, 0.1) is 17.1 Å². The third-order valence-corrected chi connectivity index (χ3v) is 7.56. The van der Waals surface area contributed by atoms with Crippen LogP contribution in [0.1, 0.15) is 40.7 Å². The number of aliphatic carboxylic acids is 1. The SMILES string of the molecule is N#Cc1ccc(-c2ccc(C[C@H](NC(=O)c3c(F)cc(N4CCCCC4)cc3F)C(=O)O)c3cccnc23)c(Cl)c1. The zero-order valence-electron chi connectivity index (χ0n) is 21.8. The second-order valence-corrected chi connectivity index (χ2v) is 10.3. The Labute approximate surface area is 240 Å². The lowest BCUT2D eigenvalue weighted by Gasteiger charge is -2.29. The Bertz CT molecular complexity index is 1680. The van der Waals surface area contributed by atoms with Crippen molar-refractivity contribution in [3.63, 3.8) is 0 Å². The van der Waals surface area contributed by atoms with E-state index in [2.05, 4.69) is 10.3 Å². The highest BCUT2D eigenvalue weighted by Gasteiger charge is 2.27. The van der Waals surface area contributed by atoms with Crippen LogP contribution >= 0.6 is 11.6 Å². The summed E-state index contributed by atoms with van der Waals surface area (Å²) in [5, 5.41) is 22.3. The molecule has 10 heteroatoms. The Morgan fingerprint density at radius 2 is 1.76 bits per heavy atom. The molecule has 4 aromatic rings. The van der Waals surface area contributed by atoms with Gasteiger partial charge in [-0.3, -0.25) is 9.78 Å². The lowest BCUT2D eigenvalue weighted by atomic mass is 9.94. The quantitative estimate of drug-likeness (QED) is 0.275. The van der Waals surface area contributed by atoms with E-state index in [4.69, 9.17) is 16.9 Å². The third-order valence-electron chi connectivity index (χ3n) is 7.25. The molecule has 1 aliphatic heterocycles. The highest BCUT2D eigenvalue weighted by Crippen LogP contribution is 2.35. The lowest BCUT2D eigenvalue weighted by molar-refractivity contribution is -0.139. The number of benzene rings is 3. The van der Waals surface area contributed by atoms with Crippen molar-refractivity contribution in [2.75, 3.05) is 18.0 Å². The number of nitriles is 1. The molecular weight excluding hydrogens is 550 g/mol. The number of halogens is 3. The highest BCUT2D eigenvalue weighted by molar-refractivity contribution is 6.33. The number of anilines is 1. The number of hydrogen-bond donors (Lipinski definition) is 2. The predicted octanol–water partition coefficient (Wildman–Crippen LogP) is 6.12. The third kappa shape index (κ3) is 5.83. The maximum atomic E-state index is 15.0. The van der Waals surface area contributed by atoms with Crippen LogP contribution in [0.3, 0.4) is 0 Å². The number of carbonyl (C=O) groups is 2. The van der Waals surface area contributed by atoms with Crippen LogP contribution in [0.25, 0.3) is 22.0 Å². The van der Waals surface area contributed by atoms with Crippen molar-refractivity contribution >= 4 is 40.1 Å². The summed E-state index contributed by atoms with van der Waals surface area (Å²) in [6, 6.07) is 14.6. The smallest absolute Gasteiger partial charge is 0.326 e. The van der Waals surface area contributed by atoms with Gasteiger partial charge in [0.15, 0.2) is 0 Å². The summed E-state index contributed by atoms with van der Waals surface area (Å²) in [7, 11) is 0. The van der Waals surface area contributed by atoms with Gasteiger partial charge in [-0.2, -0.15) is 5.26 Å². The molecule has 1 fully saturated rings. The van der Waals surface area contributed by atoms with E-state index in [1.165, 1.54) is 0 Å². The average Bonchev–Trinajstić information content (AvgIpc) is 2.97. The van der Waals surface area contributed by atoms with E-state index in [0.717, 1.165) is 31.4 Å². The number of rotatable bonds is 7. The van der Waals surface area contributed by atoms with E-state index in [1.807, 2.05) is 11.0 Å². The van der Waals surface area contributed by atoms with Crippen molar-refractivity contribution in [2.45, 2.75) is 31.7 Å². The number of hydrogen-bond acceptors (Lipinski definition) is 5. The van der Waals surface area contributed by atoms with E-state index in [-0.39, 0.29) is 6.42 Å². The molecule has 2 N–H and O–H groups in total. The Balaban J connectivity index is 1.43. The molecule has 2 heterocycles.